The average molecular weight is 481 g/mol. The van der Waals surface area contributed by atoms with Gasteiger partial charge in [-0.1, -0.05) is 16.8 Å². The molecule has 10 nitrogen and oxygen atoms in total. The summed E-state index contributed by atoms with van der Waals surface area (Å²) in [7, 11) is 0. The first-order chi connectivity index (χ1) is 16.5. The van der Waals surface area contributed by atoms with Gasteiger partial charge in [-0.3, -0.25) is 19.8 Å². The first kappa shape index (κ1) is 22.1. The topological polar surface area (TPSA) is 111 Å². The highest BCUT2D eigenvalue weighted by Crippen LogP contribution is 2.22. The van der Waals surface area contributed by atoms with Crippen molar-refractivity contribution in [2.75, 3.05) is 26.2 Å². The molecule has 1 saturated heterocycles. The summed E-state index contributed by atoms with van der Waals surface area (Å²) < 4.78 is 7.22. The zero-order valence-electron chi connectivity index (χ0n) is 18.1. The van der Waals surface area contributed by atoms with Gasteiger partial charge in [-0.15, -0.1) is 0 Å². The van der Waals surface area contributed by atoms with Crippen LogP contribution in [0.2, 0.25) is 5.02 Å². The molecule has 11 heteroatoms. The molecule has 1 fully saturated rings. The summed E-state index contributed by atoms with van der Waals surface area (Å²) in [6.45, 7) is 3.30. The smallest absolute Gasteiger partial charge is 0.270 e. The number of hydrogen-bond donors (Lipinski definition) is 0. The number of nitro benzene ring substituents is 1. The molecule has 34 heavy (non-hydrogen) atoms. The Morgan fingerprint density at radius 3 is 2.59 bits per heavy atom. The third-order valence-electron chi connectivity index (χ3n) is 5.93. The number of amides is 1. The Morgan fingerprint density at radius 1 is 1.09 bits per heavy atom. The normalized spacial score (nSPS) is 14.6. The molecule has 0 saturated carbocycles. The molecule has 3 heterocycles. The minimum absolute atomic E-state index is 0.0123. The largest absolute Gasteiger partial charge is 0.339 e. The van der Waals surface area contributed by atoms with Gasteiger partial charge in [0.05, 0.1) is 11.5 Å². The standard InChI is InChI=1S/C23H21ClN6O4/c24-18-3-1-16(2-4-18)23-25-21(34-26-23)14-27-9-11-28(12-10-27)22(31)15-29-8-7-17-13-19(30(32)33)5-6-20(17)29/h1-8,13H,9-12,14-15H2. The molecular formula is C23H21ClN6O4. The Morgan fingerprint density at radius 2 is 1.85 bits per heavy atom. The highest BCUT2D eigenvalue weighted by atomic mass is 35.5. The van der Waals surface area contributed by atoms with Crippen molar-refractivity contribution in [1.82, 2.24) is 24.5 Å². The molecule has 0 unspecified atom stereocenters. The predicted molar refractivity (Wildman–Crippen MR) is 125 cm³/mol. The maximum absolute atomic E-state index is 12.9. The Bertz CT molecular complexity index is 1340. The van der Waals surface area contributed by atoms with Gasteiger partial charge in [-0.2, -0.15) is 4.98 Å². The van der Waals surface area contributed by atoms with Gasteiger partial charge in [0.25, 0.3) is 5.69 Å². The van der Waals surface area contributed by atoms with Crippen LogP contribution in [0.1, 0.15) is 5.89 Å². The van der Waals surface area contributed by atoms with E-state index in [1.807, 2.05) is 21.6 Å². The van der Waals surface area contributed by atoms with E-state index in [0.29, 0.717) is 49.5 Å². The van der Waals surface area contributed by atoms with Crippen LogP contribution in [0.3, 0.4) is 0 Å². The Kier molecular flexibility index (Phi) is 5.99. The molecule has 1 amide bonds. The monoisotopic (exact) mass is 480 g/mol. The molecule has 0 N–H and O–H groups in total. The SMILES string of the molecule is O=C(Cn1ccc2cc([N+](=O)[O-])ccc21)N1CCN(Cc2nc(-c3ccc(Cl)cc3)no2)CC1. The van der Waals surface area contributed by atoms with E-state index >= 15 is 0 Å². The summed E-state index contributed by atoms with van der Waals surface area (Å²) in [5, 5.41) is 16.4. The van der Waals surface area contributed by atoms with Crippen LogP contribution in [0, 0.1) is 10.1 Å². The lowest BCUT2D eigenvalue weighted by Crippen LogP contribution is -2.49. The second-order valence-electron chi connectivity index (χ2n) is 8.12. The van der Waals surface area contributed by atoms with E-state index in [-0.39, 0.29) is 18.1 Å². The Labute approximate surface area is 199 Å². The maximum Gasteiger partial charge on any atom is 0.270 e. The zero-order chi connectivity index (χ0) is 23.7. The number of carbonyl (C=O) groups is 1. The second-order valence-corrected chi connectivity index (χ2v) is 8.56. The van der Waals surface area contributed by atoms with Crippen LogP contribution in [0.25, 0.3) is 22.3 Å². The summed E-state index contributed by atoms with van der Waals surface area (Å²) in [4.78, 5) is 31.9. The lowest BCUT2D eigenvalue weighted by molar-refractivity contribution is -0.384. The first-order valence-electron chi connectivity index (χ1n) is 10.8. The third-order valence-corrected chi connectivity index (χ3v) is 6.18. The Balaban J connectivity index is 1.16. The molecule has 1 aliphatic heterocycles. The van der Waals surface area contributed by atoms with E-state index in [1.165, 1.54) is 12.1 Å². The number of piperazine rings is 1. The molecule has 174 valence electrons. The number of non-ortho nitro benzene ring substituents is 1. The van der Waals surface area contributed by atoms with E-state index in [2.05, 4.69) is 15.0 Å². The number of nitro groups is 1. The van der Waals surface area contributed by atoms with Crippen LogP contribution in [-0.2, 0) is 17.9 Å². The zero-order valence-corrected chi connectivity index (χ0v) is 18.9. The molecule has 0 atom stereocenters. The average Bonchev–Trinajstić information content (AvgIpc) is 3.47. The van der Waals surface area contributed by atoms with Crippen molar-refractivity contribution < 1.29 is 14.2 Å². The van der Waals surface area contributed by atoms with Crippen LogP contribution in [-0.4, -0.2) is 61.5 Å². The van der Waals surface area contributed by atoms with Gasteiger partial charge in [0, 0.05) is 66.0 Å². The molecule has 1 aliphatic rings. The summed E-state index contributed by atoms with van der Waals surface area (Å²) in [6, 6.07) is 13.7. The van der Waals surface area contributed by atoms with Gasteiger partial charge in [0.2, 0.25) is 17.6 Å². The summed E-state index contributed by atoms with van der Waals surface area (Å²) >= 11 is 5.93. The highest BCUT2D eigenvalue weighted by molar-refractivity contribution is 6.30. The number of nitrogens with zero attached hydrogens (tertiary/aromatic N) is 6. The lowest BCUT2D eigenvalue weighted by atomic mass is 10.2. The number of rotatable bonds is 6. The number of aromatic nitrogens is 3. The highest BCUT2D eigenvalue weighted by Gasteiger charge is 2.23. The van der Waals surface area contributed by atoms with Crippen LogP contribution >= 0.6 is 11.6 Å². The van der Waals surface area contributed by atoms with Crippen molar-refractivity contribution in [2.24, 2.45) is 0 Å². The molecule has 0 bridgehead atoms. The predicted octanol–water partition coefficient (Wildman–Crippen LogP) is 3.60. The van der Waals surface area contributed by atoms with Gasteiger partial charge >= 0.3 is 0 Å². The minimum Gasteiger partial charge on any atom is -0.339 e. The molecule has 2 aromatic heterocycles. The number of hydrogen-bond acceptors (Lipinski definition) is 7. The van der Waals surface area contributed by atoms with Crippen LogP contribution in [0.15, 0.2) is 59.3 Å². The van der Waals surface area contributed by atoms with E-state index in [9.17, 15) is 14.9 Å². The molecule has 0 aliphatic carbocycles. The molecule has 0 radical (unpaired) electrons. The Hall–Kier alpha value is -3.76. The van der Waals surface area contributed by atoms with Gasteiger partial charge < -0.3 is 14.0 Å². The molecule has 5 rings (SSSR count). The molecule has 0 spiro atoms. The van der Waals surface area contributed by atoms with Crippen molar-refractivity contribution in [1.29, 1.82) is 0 Å². The number of benzene rings is 2. The number of carbonyl (C=O) groups excluding carboxylic acids is 1. The van der Waals surface area contributed by atoms with E-state index in [0.717, 1.165) is 16.5 Å². The fourth-order valence-corrected chi connectivity index (χ4v) is 4.19. The van der Waals surface area contributed by atoms with E-state index in [1.54, 1.807) is 30.5 Å². The van der Waals surface area contributed by atoms with E-state index < -0.39 is 4.92 Å². The third kappa shape index (κ3) is 4.63. The number of halogens is 1. The number of fused-ring (bicyclic) bond motifs is 1. The fraction of sp³-hybridized carbons (Fsp3) is 0.261. The minimum atomic E-state index is -0.422. The van der Waals surface area contributed by atoms with Crippen LogP contribution in [0.5, 0.6) is 0 Å². The van der Waals surface area contributed by atoms with Gasteiger partial charge in [0.1, 0.15) is 6.54 Å². The quantitative estimate of drug-likeness (QED) is 0.306. The van der Waals surface area contributed by atoms with Gasteiger partial charge in [-0.05, 0) is 36.4 Å². The maximum atomic E-state index is 12.9. The van der Waals surface area contributed by atoms with E-state index in [4.69, 9.17) is 16.1 Å². The van der Waals surface area contributed by atoms with Crippen molar-refractivity contribution in [3.8, 4) is 11.4 Å². The molecular weight excluding hydrogens is 460 g/mol. The van der Waals surface area contributed by atoms with Crippen molar-refractivity contribution >= 4 is 34.1 Å². The van der Waals surface area contributed by atoms with Gasteiger partial charge in [0.15, 0.2) is 0 Å². The molecule has 2 aromatic carbocycles. The molecule has 4 aromatic rings. The second kappa shape index (κ2) is 9.24. The summed E-state index contributed by atoms with van der Waals surface area (Å²) in [5.41, 5.74) is 1.67. The lowest BCUT2D eigenvalue weighted by Gasteiger charge is -2.34. The van der Waals surface area contributed by atoms with Gasteiger partial charge in [-0.25, -0.2) is 0 Å². The van der Waals surface area contributed by atoms with Crippen molar-refractivity contribution in [2.45, 2.75) is 13.1 Å². The van der Waals surface area contributed by atoms with Crippen LogP contribution < -0.4 is 0 Å². The fourth-order valence-electron chi connectivity index (χ4n) is 4.07. The first-order valence-corrected chi connectivity index (χ1v) is 11.2. The summed E-state index contributed by atoms with van der Waals surface area (Å²) in [5.74, 6) is 1.06. The van der Waals surface area contributed by atoms with Crippen LogP contribution in [0.4, 0.5) is 5.69 Å². The summed E-state index contributed by atoms with van der Waals surface area (Å²) in [6.07, 6.45) is 1.79. The van der Waals surface area contributed by atoms with Crippen molar-refractivity contribution in [3.05, 3.63) is 75.8 Å². The van der Waals surface area contributed by atoms with Crippen molar-refractivity contribution in [3.63, 3.8) is 0 Å².